The van der Waals surface area contributed by atoms with E-state index >= 15 is 0 Å². The van der Waals surface area contributed by atoms with E-state index < -0.39 is 0 Å². The van der Waals surface area contributed by atoms with Crippen molar-refractivity contribution in [1.82, 2.24) is 14.4 Å². The van der Waals surface area contributed by atoms with E-state index in [-0.39, 0.29) is 21.7 Å². The predicted octanol–water partition coefficient (Wildman–Crippen LogP) is 7.59. The van der Waals surface area contributed by atoms with Gasteiger partial charge in [-0.25, -0.2) is 4.98 Å². The topological polar surface area (TPSA) is 30.2 Å². The molecule has 3 heterocycles. The summed E-state index contributed by atoms with van der Waals surface area (Å²) >= 11 is 0. The van der Waals surface area contributed by atoms with Crippen molar-refractivity contribution in [1.29, 1.82) is 0 Å². The zero-order valence-electron chi connectivity index (χ0n) is 21.4. The van der Waals surface area contributed by atoms with Crippen molar-refractivity contribution >= 4 is 27.6 Å². The van der Waals surface area contributed by atoms with Crippen LogP contribution < -0.4 is 0 Å². The highest BCUT2D eigenvalue weighted by molar-refractivity contribution is 5.97. The first-order valence-corrected chi connectivity index (χ1v) is 11.9. The molecule has 0 saturated carbocycles. The zero-order valence-corrected chi connectivity index (χ0v) is 21.4. The molecule has 0 atom stereocenters. The summed E-state index contributed by atoms with van der Waals surface area (Å²) in [5, 5.41) is 1.13. The van der Waals surface area contributed by atoms with Crippen molar-refractivity contribution < 1.29 is 0 Å². The number of benzene rings is 1. The molecule has 32 heavy (non-hydrogen) atoms. The molecular weight excluding hydrogens is 390 g/mol. The van der Waals surface area contributed by atoms with Gasteiger partial charge in [-0.2, -0.15) is 0 Å². The zero-order chi connectivity index (χ0) is 23.4. The molecule has 0 spiro atoms. The van der Waals surface area contributed by atoms with Gasteiger partial charge in [0.05, 0.1) is 16.6 Å². The van der Waals surface area contributed by atoms with Crippen molar-refractivity contribution in [3.8, 4) is 0 Å². The summed E-state index contributed by atoms with van der Waals surface area (Å²) in [6.45, 7) is 23.0. The lowest BCUT2D eigenvalue weighted by atomic mass is 9.82. The molecule has 1 aromatic carbocycles. The number of fused-ring (bicyclic) bond motifs is 6. The van der Waals surface area contributed by atoms with E-state index in [2.05, 4.69) is 104 Å². The summed E-state index contributed by atoms with van der Waals surface area (Å²) in [6.07, 6.45) is 1.17. The molecule has 1 aliphatic rings. The van der Waals surface area contributed by atoms with Crippen LogP contribution >= 0.6 is 0 Å². The van der Waals surface area contributed by atoms with Gasteiger partial charge in [-0.1, -0.05) is 69.2 Å². The fraction of sp³-hybridized carbons (Fsp3) is 0.517. The Morgan fingerprint density at radius 3 is 1.97 bits per heavy atom. The first kappa shape index (κ1) is 21.4. The maximum Gasteiger partial charge on any atom is 0.147 e. The Morgan fingerprint density at radius 2 is 1.38 bits per heavy atom. The number of hydrogen-bond donors (Lipinski definition) is 0. The Morgan fingerprint density at radius 1 is 0.750 bits per heavy atom. The van der Waals surface area contributed by atoms with Gasteiger partial charge >= 0.3 is 0 Å². The van der Waals surface area contributed by atoms with Crippen molar-refractivity contribution in [2.24, 2.45) is 0 Å². The third-order valence-corrected chi connectivity index (χ3v) is 7.35. The number of hydrogen-bond acceptors (Lipinski definition) is 2. The lowest BCUT2D eigenvalue weighted by Crippen LogP contribution is -2.18. The molecule has 5 rings (SSSR count). The molecule has 0 saturated heterocycles. The van der Waals surface area contributed by atoms with E-state index in [1.54, 1.807) is 0 Å². The van der Waals surface area contributed by atoms with Crippen LogP contribution in [0.5, 0.6) is 0 Å². The Labute approximate surface area is 192 Å². The Bertz CT molecular complexity index is 1400. The Hall–Kier alpha value is -2.42. The van der Waals surface area contributed by atoms with Gasteiger partial charge < -0.3 is 0 Å². The molecule has 0 radical (unpaired) electrons. The molecule has 4 aromatic rings. The number of aromatic nitrogens is 3. The van der Waals surface area contributed by atoms with Crippen LogP contribution in [-0.4, -0.2) is 14.4 Å². The number of pyridine rings is 2. The van der Waals surface area contributed by atoms with Crippen molar-refractivity contribution in [3.63, 3.8) is 0 Å². The molecule has 3 nitrogen and oxygen atoms in total. The van der Waals surface area contributed by atoms with Crippen LogP contribution in [-0.2, 0) is 21.7 Å². The lowest BCUT2D eigenvalue weighted by molar-refractivity contribution is 0.403. The van der Waals surface area contributed by atoms with Crippen LogP contribution in [0.15, 0.2) is 30.3 Å². The van der Waals surface area contributed by atoms with Crippen molar-refractivity contribution in [2.75, 3.05) is 0 Å². The fourth-order valence-corrected chi connectivity index (χ4v) is 5.90. The summed E-state index contributed by atoms with van der Waals surface area (Å²) < 4.78 is 2.40. The van der Waals surface area contributed by atoms with Gasteiger partial charge in [0.1, 0.15) is 5.65 Å². The van der Waals surface area contributed by atoms with Crippen LogP contribution in [0, 0.1) is 0 Å². The predicted molar refractivity (Wildman–Crippen MR) is 136 cm³/mol. The van der Waals surface area contributed by atoms with Gasteiger partial charge in [-0.3, -0.25) is 9.38 Å². The van der Waals surface area contributed by atoms with Crippen molar-refractivity contribution in [3.05, 3.63) is 52.8 Å². The minimum absolute atomic E-state index is 0.0142. The van der Waals surface area contributed by atoms with E-state index in [1.165, 1.54) is 28.8 Å². The number of rotatable bonds is 0. The molecule has 0 fully saturated rings. The second kappa shape index (κ2) is 6.12. The van der Waals surface area contributed by atoms with Crippen LogP contribution in [0.4, 0.5) is 0 Å². The molecule has 168 valence electrons. The summed E-state index contributed by atoms with van der Waals surface area (Å²) in [4.78, 5) is 10.3. The molecule has 3 aromatic heterocycles. The molecular formula is C29H37N3. The second-order valence-electron chi connectivity index (χ2n) is 13.3. The van der Waals surface area contributed by atoms with Crippen LogP contribution in [0.1, 0.15) is 98.2 Å². The molecule has 0 amide bonds. The second-order valence-corrected chi connectivity index (χ2v) is 13.3. The smallest absolute Gasteiger partial charge is 0.147 e. The quantitative estimate of drug-likeness (QED) is 0.289. The maximum atomic E-state index is 5.22. The SMILES string of the molecule is CC(C)(C)c1ccc2c(cc(C(C)(C)C)n3c4cc5c(cc4nc23)C(C)(C)CC5(C)C)n1. The largest absolute Gasteiger partial charge is 0.295 e. The monoisotopic (exact) mass is 427 g/mol. The van der Waals surface area contributed by atoms with E-state index in [0.29, 0.717) is 0 Å². The van der Waals surface area contributed by atoms with E-state index in [4.69, 9.17) is 9.97 Å². The average molecular weight is 428 g/mol. The van der Waals surface area contributed by atoms with Crippen LogP contribution in [0.3, 0.4) is 0 Å². The van der Waals surface area contributed by atoms with Gasteiger partial charge in [0, 0.05) is 27.6 Å². The van der Waals surface area contributed by atoms with E-state index in [0.717, 1.165) is 27.8 Å². The van der Waals surface area contributed by atoms with E-state index in [9.17, 15) is 0 Å². The summed E-state index contributed by atoms with van der Waals surface area (Å²) in [6, 6.07) is 11.5. The highest BCUT2D eigenvalue weighted by Gasteiger charge is 2.42. The third kappa shape index (κ3) is 3.00. The molecule has 0 N–H and O–H groups in total. The minimum atomic E-state index is -0.0344. The summed E-state index contributed by atoms with van der Waals surface area (Å²) in [5.41, 5.74) is 9.99. The average Bonchev–Trinajstić information content (AvgIpc) is 3.10. The van der Waals surface area contributed by atoms with Crippen LogP contribution in [0.2, 0.25) is 0 Å². The molecule has 0 aliphatic heterocycles. The molecule has 0 unspecified atom stereocenters. The normalized spacial score (nSPS) is 18.1. The van der Waals surface area contributed by atoms with Gasteiger partial charge in [0.2, 0.25) is 0 Å². The Balaban J connectivity index is 1.94. The van der Waals surface area contributed by atoms with Crippen LogP contribution in [0.25, 0.3) is 27.6 Å². The molecule has 0 bridgehead atoms. The maximum absolute atomic E-state index is 5.22. The molecule has 3 heteroatoms. The highest BCUT2D eigenvalue weighted by Crippen LogP contribution is 2.50. The highest BCUT2D eigenvalue weighted by atomic mass is 15.0. The Kier molecular flexibility index (Phi) is 4.10. The number of imidazole rings is 1. The van der Waals surface area contributed by atoms with Gasteiger partial charge in [-0.15, -0.1) is 0 Å². The standard InChI is InChI=1S/C29H37N3/c1-26(2,3)23-12-11-17-20(30-23)15-24(27(4,5)6)32-22-14-19-18(13-21(22)31-25(17)32)28(7,8)16-29(19,9)10/h11-15H,16H2,1-10H3. The van der Waals surface area contributed by atoms with E-state index in [1.807, 2.05) is 0 Å². The first-order valence-electron chi connectivity index (χ1n) is 11.9. The molecule has 1 aliphatic carbocycles. The number of nitrogens with zero attached hydrogens (tertiary/aromatic N) is 3. The van der Waals surface area contributed by atoms with Gasteiger partial charge in [0.15, 0.2) is 0 Å². The minimum Gasteiger partial charge on any atom is -0.295 e. The summed E-state index contributed by atoms with van der Waals surface area (Å²) in [5.74, 6) is 0. The van der Waals surface area contributed by atoms with Crippen molar-refractivity contribution in [2.45, 2.75) is 97.3 Å². The third-order valence-electron chi connectivity index (χ3n) is 7.35. The summed E-state index contributed by atoms with van der Waals surface area (Å²) in [7, 11) is 0. The van der Waals surface area contributed by atoms with Gasteiger partial charge in [0.25, 0.3) is 0 Å². The lowest BCUT2D eigenvalue weighted by Gasteiger charge is -2.24. The first-order chi connectivity index (χ1) is 14.6. The fourth-order valence-electron chi connectivity index (χ4n) is 5.90. The van der Waals surface area contributed by atoms with Gasteiger partial charge in [-0.05, 0) is 58.7 Å².